The van der Waals surface area contributed by atoms with Crippen LogP contribution in [0.15, 0.2) is 53.4 Å². The van der Waals surface area contributed by atoms with Gasteiger partial charge in [0.2, 0.25) is 15.9 Å². The number of sulfonamides is 1. The van der Waals surface area contributed by atoms with E-state index in [0.29, 0.717) is 30.8 Å². The number of carbonyl (C=O) groups excluding carboxylic acids is 2. The highest BCUT2D eigenvalue weighted by atomic mass is 32.2. The third-order valence-corrected chi connectivity index (χ3v) is 9.86. The van der Waals surface area contributed by atoms with Crippen LogP contribution in [-0.4, -0.2) is 85.7 Å². The number of hydrazine groups is 1. The van der Waals surface area contributed by atoms with Crippen LogP contribution in [-0.2, 0) is 26.0 Å². The van der Waals surface area contributed by atoms with Gasteiger partial charge in [0.05, 0.1) is 23.6 Å². The Bertz CT molecular complexity index is 1380. The topological polar surface area (TPSA) is 138 Å². The van der Waals surface area contributed by atoms with E-state index in [4.69, 9.17) is 9.47 Å². The van der Waals surface area contributed by atoms with Crippen molar-refractivity contribution in [3.63, 3.8) is 0 Å². The van der Waals surface area contributed by atoms with E-state index in [2.05, 4.69) is 10.7 Å². The van der Waals surface area contributed by atoms with Crippen LogP contribution >= 0.6 is 0 Å². The fourth-order valence-electron chi connectivity index (χ4n) is 5.17. The second kappa shape index (κ2) is 15.9. The number of nitrogens with one attached hydrogen (secondary N) is 2. The van der Waals surface area contributed by atoms with Crippen LogP contribution in [0.25, 0.3) is 0 Å². The van der Waals surface area contributed by atoms with Crippen LogP contribution in [0, 0.1) is 11.8 Å². The second-order valence-electron chi connectivity index (χ2n) is 12.5. The fraction of sp³-hybridized carbons (Fsp3) is 0.576. The minimum atomic E-state index is -4.10. The molecule has 2 aliphatic rings. The number of aliphatic hydroxyl groups is 1. The average Bonchev–Trinajstić information content (AvgIpc) is 3.86. The number of hydrogen-bond donors (Lipinski definition) is 3. The highest BCUT2D eigenvalue weighted by Gasteiger charge is 2.37. The van der Waals surface area contributed by atoms with E-state index < -0.39 is 28.1 Å². The first-order chi connectivity index (χ1) is 21.5. The van der Waals surface area contributed by atoms with Gasteiger partial charge < -0.3 is 19.9 Å². The fourth-order valence-corrected chi connectivity index (χ4v) is 6.80. The van der Waals surface area contributed by atoms with Crippen LogP contribution in [0.2, 0.25) is 0 Å². The van der Waals surface area contributed by atoms with Crippen LogP contribution < -0.4 is 20.2 Å². The molecule has 248 valence electrons. The molecule has 1 aliphatic heterocycles. The van der Waals surface area contributed by atoms with Crippen molar-refractivity contribution in [1.82, 2.24) is 20.1 Å². The number of hydrogen-bond acceptors (Lipinski definition) is 8. The van der Waals surface area contributed by atoms with E-state index in [1.165, 1.54) is 21.4 Å². The molecule has 2 aromatic rings. The lowest BCUT2D eigenvalue weighted by Gasteiger charge is -2.37. The van der Waals surface area contributed by atoms with Crippen LogP contribution in [0.5, 0.6) is 11.5 Å². The van der Waals surface area contributed by atoms with Crippen molar-refractivity contribution in [2.45, 2.75) is 82.9 Å². The quantitative estimate of drug-likeness (QED) is 0.237. The first kappa shape index (κ1) is 34.7. The van der Waals surface area contributed by atoms with E-state index >= 15 is 0 Å². The summed E-state index contributed by atoms with van der Waals surface area (Å²) in [5, 5.41) is 16.3. The SMILES string of the molecule is CC[C@H](C)CC(=O)N(NC(=O)CNC1CC1)C(Cc1ccccc1)[C@H](O)CN(CC(C)C)S(=O)(=O)c1ccc2c(c1)OCCO2. The summed E-state index contributed by atoms with van der Waals surface area (Å²) in [6.45, 7) is 8.30. The van der Waals surface area contributed by atoms with Gasteiger partial charge in [-0.15, -0.1) is 0 Å². The summed E-state index contributed by atoms with van der Waals surface area (Å²) < 4.78 is 40.6. The molecule has 11 nitrogen and oxygen atoms in total. The summed E-state index contributed by atoms with van der Waals surface area (Å²) in [6.07, 6.45) is 1.79. The van der Waals surface area contributed by atoms with Gasteiger partial charge in [-0.25, -0.2) is 13.4 Å². The maximum atomic E-state index is 14.1. The molecular formula is C33H48N4O7S. The Labute approximate surface area is 267 Å². The van der Waals surface area contributed by atoms with Gasteiger partial charge >= 0.3 is 0 Å². The largest absolute Gasteiger partial charge is 0.486 e. The van der Waals surface area contributed by atoms with Crippen LogP contribution in [0.3, 0.4) is 0 Å². The summed E-state index contributed by atoms with van der Waals surface area (Å²) in [7, 11) is -4.10. The Morgan fingerprint density at radius 1 is 1.00 bits per heavy atom. The Morgan fingerprint density at radius 3 is 2.33 bits per heavy atom. The van der Waals surface area contributed by atoms with Gasteiger partial charge in [-0.05, 0) is 48.8 Å². The number of nitrogens with zero attached hydrogens (tertiary/aromatic N) is 2. The Balaban J connectivity index is 1.66. The number of aliphatic hydroxyl groups excluding tert-OH is 1. The van der Waals surface area contributed by atoms with Crippen molar-refractivity contribution in [3.8, 4) is 11.5 Å². The smallest absolute Gasteiger partial charge is 0.252 e. The zero-order chi connectivity index (χ0) is 32.6. The number of amides is 2. The van der Waals surface area contributed by atoms with Gasteiger partial charge in [-0.3, -0.25) is 15.0 Å². The molecule has 0 radical (unpaired) electrons. The molecule has 3 N–H and O–H groups in total. The zero-order valence-electron chi connectivity index (χ0n) is 26.8. The Hall–Kier alpha value is -3.19. The number of ether oxygens (including phenoxy) is 2. The lowest BCUT2D eigenvalue weighted by atomic mass is 9.98. The molecule has 1 fully saturated rings. The molecule has 1 unspecified atom stereocenters. The molecule has 1 saturated carbocycles. The molecule has 2 amide bonds. The van der Waals surface area contributed by atoms with Crippen molar-refractivity contribution in [3.05, 3.63) is 54.1 Å². The van der Waals surface area contributed by atoms with Crippen molar-refractivity contribution in [2.75, 3.05) is 32.8 Å². The third kappa shape index (κ3) is 9.90. The molecule has 2 aromatic carbocycles. The van der Waals surface area contributed by atoms with Crippen LogP contribution in [0.1, 0.15) is 58.9 Å². The van der Waals surface area contributed by atoms with Gasteiger partial charge in [-0.2, -0.15) is 4.31 Å². The molecular weight excluding hydrogens is 596 g/mol. The lowest BCUT2D eigenvalue weighted by molar-refractivity contribution is -0.148. The van der Waals surface area contributed by atoms with E-state index in [1.54, 1.807) is 6.07 Å². The first-order valence-corrected chi connectivity index (χ1v) is 17.4. The zero-order valence-corrected chi connectivity index (χ0v) is 27.6. The minimum Gasteiger partial charge on any atom is -0.486 e. The van der Waals surface area contributed by atoms with E-state index in [-0.39, 0.29) is 55.1 Å². The molecule has 0 spiro atoms. The Kier molecular flexibility index (Phi) is 12.2. The maximum absolute atomic E-state index is 14.1. The van der Waals surface area contributed by atoms with E-state index in [9.17, 15) is 23.1 Å². The molecule has 12 heteroatoms. The van der Waals surface area contributed by atoms with E-state index in [1.807, 2.05) is 58.0 Å². The van der Waals surface area contributed by atoms with Crippen molar-refractivity contribution >= 4 is 21.8 Å². The number of carbonyl (C=O) groups is 2. The molecule has 4 rings (SSSR count). The maximum Gasteiger partial charge on any atom is 0.252 e. The summed E-state index contributed by atoms with van der Waals surface area (Å²) in [5.74, 6) is 0.0681. The molecule has 3 atom stereocenters. The predicted molar refractivity (Wildman–Crippen MR) is 171 cm³/mol. The predicted octanol–water partition coefficient (Wildman–Crippen LogP) is 3.12. The number of benzene rings is 2. The molecule has 1 heterocycles. The minimum absolute atomic E-state index is 0.0170. The van der Waals surface area contributed by atoms with Crippen molar-refractivity contribution in [2.24, 2.45) is 11.8 Å². The van der Waals surface area contributed by atoms with Crippen molar-refractivity contribution < 1.29 is 32.6 Å². The van der Waals surface area contributed by atoms with Gasteiger partial charge in [0.15, 0.2) is 11.5 Å². The number of rotatable bonds is 16. The van der Waals surface area contributed by atoms with Gasteiger partial charge in [-0.1, -0.05) is 64.4 Å². The summed E-state index contributed by atoms with van der Waals surface area (Å²) >= 11 is 0. The third-order valence-electron chi connectivity index (χ3n) is 8.04. The highest BCUT2D eigenvalue weighted by molar-refractivity contribution is 7.89. The standard InChI is InChI=1S/C33H48N4O7S/c1-5-24(4)17-33(40)37(35-32(39)20-34-26-11-12-26)28(18-25-9-7-6-8-10-25)29(38)22-36(21-23(2)3)45(41,42)27-13-14-30-31(19-27)44-16-15-43-30/h6-10,13-14,19,23-24,26,28-29,34,38H,5,11-12,15-18,20-22H2,1-4H3,(H,35,39)/t24-,28?,29+/m0/s1. The Morgan fingerprint density at radius 2 is 1.69 bits per heavy atom. The van der Waals surface area contributed by atoms with Crippen LogP contribution in [0.4, 0.5) is 0 Å². The molecule has 45 heavy (non-hydrogen) atoms. The normalized spacial score (nSPS) is 16.7. The summed E-state index contributed by atoms with van der Waals surface area (Å²) in [5.41, 5.74) is 3.61. The first-order valence-electron chi connectivity index (χ1n) is 15.9. The van der Waals surface area contributed by atoms with Gasteiger partial charge in [0.1, 0.15) is 13.2 Å². The molecule has 0 bridgehead atoms. The van der Waals surface area contributed by atoms with Crippen molar-refractivity contribution in [1.29, 1.82) is 0 Å². The van der Waals surface area contributed by atoms with Gasteiger partial charge in [0.25, 0.3) is 5.91 Å². The number of fused-ring (bicyclic) bond motifs is 1. The average molecular weight is 645 g/mol. The lowest BCUT2D eigenvalue weighted by Crippen LogP contribution is -2.60. The summed E-state index contributed by atoms with van der Waals surface area (Å²) in [6, 6.07) is 13.2. The molecule has 1 aliphatic carbocycles. The molecule has 0 aromatic heterocycles. The molecule has 0 saturated heterocycles. The van der Waals surface area contributed by atoms with E-state index in [0.717, 1.165) is 24.8 Å². The monoisotopic (exact) mass is 644 g/mol. The van der Waals surface area contributed by atoms with Gasteiger partial charge in [0, 0.05) is 31.6 Å². The highest BCUT2D eigenvalue weighted by Crippen LogP contribution is 2.33. The second-order valence-corrected chi connectivity index (χ2v) is 14.5. The summed E-state index contributed by atoms with van der Waals surface area (Å²) in [4.78, 5) is 26.9.